The summed E-state index contributed by atoms with van der Waals surface area (Å²) in [6.07, 6.45) is 15.6. The summed E-state index contributed by atoms with van der Waals surface area (Å²) in [5.74, 6) is 2.65. The second-order valence-electron chi connectivity index (χ2n) is 12.0. The highest BCUT2D eigenvalue weighted by molar-refractivity contribution is 5.52. The van der Waals surface area contributed by atoms with Crippen molar-refractivity contribution in [2.24, 2.45) is 28.6 Å². The Morgan fingerprint density at radius 3 is 2.48 bits per heavy atom. The predicted molar refractivity (Wildman–Crippen MR) is 127 cm³/mol. The zero-order chi connectivity index (χ0) is 21.0. The largest absolute Gasteiger partial charge is 0.0775 e. The Bertz CT molecular complexity index is 755. The van der Waals surface area contributed by atoms with Crippen LogP contribution in [0.2, 0.25) is 0 Å². The molecule has 0 saturated heterocycles. The lowest BCUT2D eigenvalue weighted by Gasteiger charge is -2.53. The highest BCUT2D eigenvalue weighted by Crippen LogP contribution is 2.65. The van der Waals surface area contributed by atoms with Crippen molar-refractivity contribution in [1.82, 2.24) is 0 Å². The summed E-state index contributed by atoms with van der Waals surface area (Å²) in [6.45, 7) is 17.3. The highest BCUT2D eigenvalue weighted by Gasteiger charge is 2.53. The van der Waals surface area contributed by atoms with Crippen LogP contribution in [0.5, 0.6) is 0 Å². The molecule has 0 N–H and O–H groups in total. The SMILES string of the molecule is CC(C)=C(C)CC[C@@H](C)[C@H]1CC(C)=C2C3=C(CC[C@@]21C)[C@@]1(C)CCCC[C@@H]1CC3. The van der Waals surface area contributed by atoms with E-state index in [1.807, 2.05) is 16.7 Å². The monoisotopic (exact) mass is 394 g/mol. The smallest absolute Gasteiger partial charge is 0.00362 e. The minimum atomic E-state index is 0.444. The maximum absolute atomic E-state index is 2.66. The maximum atomic E-state index is 2.66. The molecule has 0 aliphatic heterocycles. The normalized spacial score (nSPS) is 37.8. The molecule has 0 aromatic heterocycles. The molecular weight excluding hydrogens is 348 g/mol. The maximum Gasteiger partial charge on any atom is -0.00362 e. The van der Waals surface area contributed by atoms with Gasteiger partial charge in [-0.05, 0) is 125 Å². The van der Waals surface area contributed by atoms with Gasteiger partial charge in [-0.25, -0.2) is 0 Å². The Hall–Kier alpha value is -0.780. The van der Waals surface area contributed by atoms with Gasteiger partial charge in [-0.1, -0.05) is 55.9 Å². The van der Waals surface area contributed by atoms with Crippen molar-refractivity contribution in [3.63, 3.8) is 0 Å². The van der Waals surface area contributed by atoms with Crippen LogP contribution in [0.15, 0.2) is 33.4 Å². The first kappa shape index (κ1) is 21.5. The van der Waals surface area contributed by atoms with Gasteiger partial charge in [-0.15, -0.1) is 0 Å². The molecule has 4 aliphatic carbocycles. The van der Waals surface area contributed by atoms with E-state index < -0.39 is 0 Å². The summed E-state index contributed by atoms with van der Waals surface area (Å²) >= 11 is 0. The van der Waals surface area contributed by atoms with Crippen molar-refractivity contribution in [2.45, 2.75) is 119 Å². The first-order chi connectivity index (χ1) is 13.7. The van der Waals surface area contributed by atoms with E-state index in [-0.39, 0.29) is 0 Å². The first-order valence-corrected chi connectivity index (χ1v) is 12.7. The molecule has 1 fully saturated rings. The minimum absolute atomic E-state index is 0.444. The second kappa shape index (κ2) is 7.72. The van der Waals surface area contributed by atoms with Crippen molar-refractivity contribution in [2.75, 3.05) is 0 Å². The Labute approximate surface area is 181 Å². The van der Waals surface area contributed by atoms with Crippen molar-refractivity contribution in [3.8, 4) is 0 Å². The summed E-state index contributed by atoms with van der Waals surface area (Å²) in [7, 11) is 0. The summed E-state index contributed by atoms with van der Waals surface area (Å²) < 4.78 is 0. The van der Waals surface area contributed by atoms with Crippen LogP contribution < -0.4 is 0 Å². The Morgan fingerprint density at radius 1 is 1.00 bits per heavy atom. The van der Waals surface area contributed by atoms with Crippen molar-refractivity contribution in [1.29, 1.82) is 0 Å². The van der Waals surface area contributed by atoms with E-state index in [1.54, 1.807) is 11.1 Å². The molecule has 0 bridgehead atoms. The zero-order valence-electron chi connectivity index (χ0n) is 20.5. The van der Waals surface area contributed by atoms with E-state index in [1.165, 1.54) is 76.2 Å². The van der Waals surface area contributed by atoms with Crippen molar-refractivity contribution in [3.05, 3.63) is 33.4 Å². The van der Waals surface area contributed by atoms with Gasteiger partial charge in [0.25, 0.3) is 0 Å². The van der Waals surface area contributed by atoms with Gasteiger partial charge in [-0.3, -0.25) is 0 Å². The molecule has 5 atom stereocenters. The standard InChI is InChI=1S/C29H46/c1-19(2)20(3)11-12-21(4)26-18-22(5)27-24-14-13-23-10-8-9-16-28(23,6)25(24)15-17-29(26,27)7/h21,23,26H,8-18H2,1-7H3/t21-,23-,26-,28+,29-/m1/s1. The van der Waals surface area contributed by atoms with Gasteiger partial charge in [-0.2, -0.15) is 0 Å². The van der Waals surface area contributed by atoms with Gasteiger partial charge >= 0.3 is 0 Å². The number of rotatable bonds is 4. The summed E-state index contributed by atoms with van der Waals surface area (Å²) in [5.41, 5.74) is 11.5. The van der Waals surface area contributed by atoms with Gasteiger partial charge in [0, 0.05) is 0 Å². The zero-order valence-corrected chi connectivity index (χ0v) is 20.5. The molecule has 0 radical (unpaired) electrons. The third-order valence-corrected chi connectivity index (χ3v) is 10.2. The Balaban J connectivity index is 1.61. The van der Waals surface area contributed by atoms with E-state index in [9.17, 15) is 0 Å². The van der Waals surface area contributed by atoms with Crippen molar-refractivity contribution < 1.29 is 0 Å². The van der Waals surface area contributed by atoms with E-state index in [0.717, 1.165) is 17.8 Å². The molecule has 0 amide bonds. The predicted octanol–water partition coefficient (Wildman–Crippen LogP) is 9.18. The number of hydrogen-bond acceptors (Lipinski definition) is 0. The van der Waals surface area contributed by atoms with Crippen LogP contribution in [0.3, 0.4) is 0 Å². The molecule has 0 unspecified atom stereocenters. The summed E-state index contributed by atoms with van der Waals surface area (Å²) in [6, 6.07) is 0. The lowest BCUT2D eigenvalue weighted by Crippen LogP contribution is -2.41. The molecule has 0 aromatic rings. The molecular formula is C29H46. The third kappa shape index (κ3) is 3.41. The summed E-state index contributed by atoms with van der Waals surface area (Å²) in [4.78, 5) is 0. The first-order valence-electron chi connectivity index (χ1n) is 12.7. The van der Waals surface area contributed by atoms with Crippen LogP contribution in [0.1, 0.15) is 119 Å². The van der Waals surface area contributed by atoms with Crippen LogP contribution in [0.25, 0.3) is 0 Å². The molecule has 162 valence electrons. The molecule has 0 spiro atoms. The van der Waals surface area contributed by atoms with Gasteiger partial charge < -0.3 is 0 Å². The fourth-order valence-corrected chi connectivity index (χ4v) is 8.14. The molecule has 0 heteroatoms. The highest BCUT2D eigenvalue weighted by atomic mass is 14.6. The number of hydrogen-bond donors (Lipinski definition) is 0. The average molecular weight is 395 g/mol. The third-order valence-electron chi connectivity index (χ3n) is 10.2. The number of fused-ring (bicyclic) bond motifs is 4. The Morgan fingerprint density at radius 2 is 1.76 bits per heavy atom. The molecule has 4 rings (SSSR count). The minimum Gasteiger partial charge on any atom is -0.0775 e. The average Bonchev–Trinajstić information content (AvgIpc) is 2.96. The lowest BCUT2D eigenvalue weighted by atomic mass is 9.51. The fourth-order valence-electron chi connectivity index (χ4n) is 8.14. The molecule has 4 aliphatic rings. The molecule has 29 heavy (non-hydrogen) atoms. The van der Waals surface area contributed by atoms with Crippen LogP contribution >= 0.6 is 0 Å². The van der Waals surface area contributed by atoms with Crippen LogP contribution in [0, 0.1) is 28.6 Å². The van der Waals surface area contributed by atoms with Gasteiger partial charge in [0.2, 0.25) is 0 Å². The van der Waals surface area contributed by atoms with Gasteiger partial charge in [0.15, 0.2) is 0 Å². The Kier molecular flexibility index (Phi) is 5.71. The van der Waals surface area contributed by atoms with E-state index >= 15 is 0 Å². The fraction of sp³-hybridized carbons (Fsp3) is 0.793. The van der Waals surface area contributed by atoms with Crippen LogP contribution in [-0.4, -0.2) is 0 Å². The molecule has 0 nitrogen and oxygen atoms in total. The number of allylic oxidation sites excluding steroid dienone is 6. The molecule has 1 saturated carbocycles. The van der Waals surface area contributed by atoms with E-state index in [2.05, 4.69) is 48.5 Å². The van der Waals surface area contributed by atoms with Crippen LogP contribution in [0.4, 0.5) is 0 Å². The quantitative estimate of drug-likeness (QED) is 0.417. The van der Waals surface area contributed by atoms with E-state index in [0.29, 0.717) is 10.8 Å². The second-order valence-corrected chi connectivity index (χ2v) is 12.0. The van der Waals surface area contributed by atoms with Crippen molar-refractivity contribution >= 4 is 0 Å². The molecule has 0 aromatic carbocycles. The lowest BCUT2D eigenvalue weighted by molar-refractivity contribution is 0.107. The van der Waals surface area contributed by atoms with Crippen LogP contribution in [-0.2, 0) is 0 Å². The molecule has 0 heterocycles. The van der Waals surface area contributed by atoms with E-state index in [4.69, 9.17) is 0 Å². The topological polar surface area (TPSA) is 0 Å². The van der Waals surface area contributed by atoms with Gasteiger partial charge in [0.1, 0.15) is 0 Å². The van der Waals surface area contributed by atoms with Gasteiger partial charge in [0.05, 0.1) is 0 Å². The summed E-state index contributed by atoms with van der Waals surface area (Å²) in [5, 5.41) is 0.